The normalized spacial score (nSPS) is 17.2. The lowest BCUT2D eigenvalue weighted by Crippen LogP contribution is -2.56. The molecule has 2 aromatic carbocycles. The quantitative estimate of drug-likeness (QED) is 0.741. The standard InChI is InChI=1S/C23H29N3O2/c1-18-7-5-10-20(15-18)17-25-22(27)16-21-23(28)24-12-14-26(21)13-6-11-19-8-3-2-4-9-19/h2-5,7-10,15,21H,6,11-14,16-17H2,1H3,(H,24,28)(H,25,27). The molecule has 28 heavy (non-hydrogen) atoms. The van der Waals surface area contributed by atoms with Gasteiger partial charge in [0.1, 0.15) is 0 Å². The van der Waals surface area contributed by atoms with Crippen molar-refractivity contribution in [3.63, 3.8) is 0 Å². The molecule has 0 aliphatic carbocycles. The molecule has 0 saturated carbocycles. The van der Waals surface area contributed by atoms with Gasteiger partial charge in [0.25, 0.3) is 0 Å². The van der Waals surface area contributed by atoms with Crippen LogP contribution in [0.1, 0.15) is 29.5 Å². The highest BCUT2D eigenvalue weighted by Crippen LogP contribution is 2.12. The molecular formula is C23H29N3O2. The van der Waals surface area contributed by atoms with Gasteiger partial charge in [0.05, 0.1) is 12.5 Å². The van der Waals surface area contributed by atoms with Crippen LogP contribution in [0.15, 0.2) is 54.6 Å². The summed E-state index contributed by atoms with van der Waals surface area (Å²) in [4.78, 5) is 26.9. The molecule has 0 spiro atoms. The fourth-order valence-corrected chi connectivity index (χ4v) is 3.65. The monoisotopic (exact) mass is 379 g/mol. The van der Waals surface area contributed by atoms with Crippen LogP contribution < -0.4 is 10.6 Å². The average Bonchev–Trinajstić information content (AvgIpc) is 2.70. The lowest BCUT2D eigenvalue weighted by Gasteiger charge is -2.34. The summed E-state index contributed by atoms with van der Waals surface area (Å²) in [6.07, 6.45) is 2.15. The Hall–Kier alpha value is -2.66. The van der Waals surface area contributed by atoms with Gasteiger partial charge in [-0.1, -0.05) is 60.2 Å². The first-order chi connectivity index (χ1) is 13.6. The predicted octanol–water partition coefficient (Wildman–Crippen LogP) is 2.43. The Balaban J connectivity index is 1.50. The smallest absolute Gasteiger partial charge is 0.237 e. The second-order valence-electron chi connectivity index (χ2n) is 7.40. The Bertz CT molecular complexity index is 791. The summed E-state index contributed by atoms with van der Waals surface area (Å²) in [6.45, 7) is 4.77. The topological polar surface area (TPSA) is 61.4 Å². The molecule has 1 aliphatic rings. The fourth-order valence-electron chi connectivity index (χ4n) is 3.65. The molecule has 148 valence electrons. The number of carbonyl (C=O) groups is 2. The first kappa shape index (κ1) is 20.1. The summed E-state index contributed by atoms with van der Waals surface area (Å²) in [6, 6.07) is 18.0. The highest BCUT2D eigenvalue weighted by atomic mass is 16.2. The van der Waals surface area contributed by atoms with E-state index in [-0.39, 0.29) is 24.3 Å². The lowest BCUT2D eigenvalue weighted by atomic mass is 10.1. The van der Waals surface area contributed by atoms with Gasteiger partial charge >= 0.3 is 0 Å². The molecule has 1 heterocycles. The van der Waals surface area contributed by atoms with Gasteiger partial charge < -0.3 is 10.6 Å². The Kier molecular flexibility index (Phi) is 7.20. The van der Waals surface area contributed by atoms with E-state index in [0.29, 0.717) is 13.1 Å². The number of hydrogen-bond donors (Lipinski definition) is 2. The van der Waals surface area contributed by atoms with E-state index in [2.05, 4.69) is 33.7 Å². The van der Waals surface area contributed by atoms with Crippen molar-refractivity contribution in [2.24, 2.45) is 0 Å². The van der Waals surface area contributed by atoms with Crippen molar-refractivity contribution in [1.82, 2.24) is 15.5 Å². The zero-order valence-electron chi connectivity index (χ0n) is 16.5. The van der Waals surface area contributed by atoms with Crippen molar-refractivity contribution in [3.8, 4) is 0 Å². The number of benzene rings is 2. The van der Waals surface area contributed by atoms with Gasteiger partial charge in [0, 0.05) is 19.6 Å². The van der Waals surface area contributed by atoms with E-state index in [1.165, 1.54) is 11.1 Å². The number of amides is 2. The molecular weight excluding hydrogens is 350 g/mol. The molecule has 1 atom stereocenters. The van der Waals surface area contributed by atoms with Crippen LogP contribution in [-0.2, 0) is 22.6 Å². The fraction of sp³-hybridized carbons (Fsp3) is 0.391. The second-order valence-corrected chi connectivity index (χ2v) is 7.40. The van der Waals surface area contributed by atoms with Crippen molar-refractivity contribution < 1.29 is 9.59 Å². The molecule has 1 unspecified atom stereocenters. The molecule has 2 N–H and O–H groups in total. The number of carbonyl (C=O) groups excluding carboxylic acids is 2. The van der Waals surface area contributed by atoms with Crippen molar-refractivity contribution >= 4 is 11.8 Å². The number of nitrogens with zero attached hydrogens (tertiary/aromatic N) is 1. The van der Waals surface area contributed by atoms with Crippen molar-refractivity contribution in [2.75, 3.05) is 19.6 Å². The third-order valence-electron chi connectivity index (χ3n) is 5.15. The van der Waals surface area contributed by atoms with E-state index < -0.39 is 0 Å². The van der Waals surface area contributed by atoms with Gasteiger partial charge in [0.2, 0.25) is 11.8 Å². The van der Waals surface area contributed by atoms with E-state index in [9.17, 15) is 9.59 Å². The summed E-state index contributed by atoms with van der Waals surface area (Å²) in [7, 11) is 0. The van der Waals surface area contributed by atoms with Gasteiger partial charge in [-0.2, -0.15) is 0 Å². The minimum absolute atomic E-state index is 0.0448. The number of rotatable bonds is 8. The second kappa shape index (κ2) is 10.0. The van der Waals surface area contributed by atoms with E-state index in [1.54, 1.807) is 0 Å². The van der Waals surface area contributed by atoms with E-state index in [4.69, 9.17) is 0 Å². The molecule has 2 aromatic rings. The minimum atomic E-state index is -0.387. The lowest BCUT2D eigenvalue weighted by molar-refractivity contribution is -0.134. The first-order valence-electron chi connectivity index (χ1n) is 10.00. The maximum Gasteiger partial charge on any atom is 0.237 e. The third-order valence-corrected chi connectivity index (χ3v) is 5.15. The average molecular weight is 380 g/mol. The molecule has 5 nitrogen and oxygen atoms in total. The van der Waals surface area contributed by atoms with Gasteiger partial charge in [-0.25, -0.2) is 0 Å². The molecule has 1 saturated heterocycles. The van der Waals surface area contributed by atoms with Crippen LogP contribution in [0, 0.1) is 6.92 Å². The summed E-state index contributed by atoms with van der Waals surface area (Å²) < 4.78 is 0. The first-order valence-corrected chi connectivity index (χ1v) is 10.00. The van der Waals surface area contributed by atoms with E-state index >= 15 is 0 Å². The predicted molar refractivity (Wildman–Crippen MR) is 111 cm³/mol. The maximum absolute atomic E-state index is 12.4. The minimum Gasteiger partial charge on any atom is -0.353 e. The van der Waals surface area contributed by atoms with Gasteiger partial charge in [0.15, 0.2) is 0 Å². The molecule has 0 bridgehead atoms. The summed E-state index contributed by atoms with van der Waals surface area (Å²) in [5.41, 5.74) is 3.54. The molecule has 5 heteroatoms. The van der Waals surface area contributed by atoms with Crippen LogP contribution in [0.3, 0.4) is 0 Å². The third kappa shape index (κ3) is 5.92. The van der Waals surface area contributed by atoms with Gasteiger partial charge in [-0.3, -0.25) is 14.5 Å². The molecule has 3 rings (SSSR count). The zero-order chi connectivity index (χ0) is 19.8. The van der Waals surface area contributed by atoms with Crippen LogP contribution in [0.4, 0.5) is 0 Å². The molecule has 0 aromatic heterocycles. The molecule has 1 fully saturated rings. The van der Waals surface area contributed by atoms with Crippen LogP contribution in [0.5, 0.6) is 0 Å². The highest BCUT2D eigenvalue weighted by Gasteiger charge is 2.31. The van der Waals surface area contributed by atoms with Crippen molar-refractivity contribution in [2.45, 2.75) is 38.8 Å². The van der Waals surface area contributed by atoms with Crippen LogP contribution in [-0.4, -0.2) is 42.4 Å². The number of aryl methyl sites for hydroxylation is 2. The summed E-state index contributed by atoms with van der Waals surface area (Å²) in [5.74, 6) is -0.131. The Morgan fingerprint density at radius 2 is 1.93 bits per heavy atom. The number of nitrogens with one attached hydrogen (secondary N) is 2. The van der Waals surface area contributed by atoms with Crippen LogP contribution in [0.25, 0.3) is 0 Å². The van der Waals surface area contributed by atoms with Gasteiger partial charge in [-0.05, 0) is 37.4 Å². The van der Waals surface area contributed by atoms with E-state index in [1.807, 2.05) is 43.3 Å². The molecule has 0 radical (unpaired) electrons. The number of piperazine rings is 1. The van der Waals surface area contributed by atoms with Crippen LogP contribution >= 0.6 is 0 Å². The van der Waals surface area contributed by atoms with Gasteiger partial charge in [-0.15, -0.1) is 0 Å². The van der Waals surface area contributed by atoms with Crippen molar-refractivity contribution in [3.05, 3.63) is 71.3 Å². The zero-order valence-corrected chi connectivity index (χ0v) is 16.5. The maximum atomic E-state index is 12.4. The molecule has 2 amide bonds. The molecule has 1 aliphatic heterocycles. The highest BCUT2D eigenvalue weighted by molar-refractivity contribution is 5.88. The Labute approximate surface area is 167 Å². The Morgan fingerprint density at radius 1 is 1.14 bits per heavy atom. The Morgan fingerprint density at radius 3 is 2.71 bits per heavy atom. The van der Waals surface area contributed by atoms with Crippen molar-refractivity contribution in [1.29, 1.82) is 0 Å². The summed E-state index contributed by atoms with van der Waals surface area (Å²) in [5, 5.41) is 5.85. The number of hydrogen-bond acceptors (Lipinski definition) is 3. The SMILES string of the molecule is Cc1cccc(CNC(=O)CC2C(=O)NCCN2CCCc2ccccc2)c1. The van der Waals surface area contributed by atoms with E-state index in [0.717, 1.165) is 31.5 Å². The largest absolute Gasteiger partial charge is 0.353 e. The van der Waals surface area contributed by atoms with Crippen LogP contribution in [0.2, 0.25) is 0 Å². The summed E-state index contributed by atoms with van der Waals surface area (Å²) >= 11 is 0.